The summed E-state index contributed by atoms with van der Waals surface area (Å²) in [7, 11) is 4.88. The van der Waals surface area contributed by atoms with E-state index in [-0.39, 0.29) is 0 Å². The van der Waals surface area contributed by atoms with E-state index in [2.05, 4.69) is 41.4 Å². The highest BCUT2D eigenvalue weighted by Crippen LogP contribution is 2.42. The molecule has 0 saturated carbocycles. The summed E-state index contributed by atoms with van der Waals surface area (Å²) in [5.74, 6) is 2.62. The molecular formula is C24H20N2O3. The highest BCUT2D eigenvalue weighted by molar-refractivity contribution is 6.23. The van der Waals surface area contributed by atoms with Crippen LogP contribution in [0.25, 0.3) is 44.0 Å². The Bertz CT molecular complexity index is 1270. The van der Waals surface area contributed by atoms with E-state index in [1.807, 2.05) is 24.3 Å². The van der Waals surface area contributed by atoms with Crippen LogP contribution in [0.5, 0.6) is 17.2 Å². The van der Waals surface area contributed by atoms with Crippen molar-refractivity contribution < 1.29 is 14.2 Å². The van der Waals surface area contributed by atoms with Gasteiger partial charge in [-0.3, -0.25) is 0 Å². The maximum atomic E-state index is 5.64. The molecular weight excluding hydrogens is 364 g/mol. The van der Waals surface area contributed by atoms with Gasteiger partial charge < -0.3 is 19.2 Å². The zero-order valence-corrected chi connectivity index (χ0v) is 16.4. The molecule has 0 fully saturated rings. The van der Waals surface area contributed by atoms with E-state index in [4.69, 9.17) is 19.2 Å². The Balaban J connectivity index is 1.90. The third-order valence-corrected chi connectivity index (χ3v) is 5.32. The number of rotatable bonds is 4. The van der Waals surface area contributed by atoms with Crippen molar-refractivity contribution >= 4 is 32.6 Å². The minimum Gasteiger partial charge on any atom is -0.496 e. The lowest BCUT2D eigenvalue weighted by Gasteiger charge is -2.13. The molecule has 144 valence electrons. The summed E-state index contributed by atoms with van der Waals surface area (Å²) in [6.07, 6.45) is 0. The zero-order valence-electron chi connectivity index (χ0n) is 16.4. The average Bonchev–Trinajstić information content (AvgIpc) is 3.23. The molecule has 0 aliphatic rings. The number of benzene rings is 4. The van der Waals surface area contributed by atoms with Gasteiger partial charge in [0.15, 0.2) is 0 Å². The molecule has 5 heteroatoms. The maximum absolute atomic E-state index is 5.64. The summed E-state index contributed by atoms with van der Waals surface area (Å²) in [6, 6.07) is 20.4. The van der Waals surface area contributed by atoms with Crippen molar-refractivity contribution in [1.29, 1.82) is 0 Å². The van der Waals surface area contributed by atoms with Crippen LogP contribution < -0.4 is 14.2 Å². The number of aromatic nitrogens is 2. The fraction of sp³-hybridized carbons (Fsp3) is 0.125. The summed E-state index contributed by atoms with van der Waals surface area (Å²) in [5.41, 5.74) is 2.68. The molecule has 0 spiro atoms. The Hall–Kier alpha value is -3.73. The number of ether oxygens (including phenoxy) is 3. The van der Waals surface area contributed by atoms with Crippen molar-refractivity contribution in [3.63, 3.8) is 0 Å². The number of fused-ring (bicyclic) bond motifs is 6. The lowest BCUT2D eigenvalue weighted by atomic mass is 10.0. The van der Waals surface area contributed by atoms with Gasteiger partial charge >= 0.3 is 0 Å². The van der Waals surface area contributed by atoms with Gasteiger partial charge in [0.1, 0.15) is 28.6 Å². The standard InChI is InChI=1S/C24H20N2O3/c1-27-14-12-19(28-2)21(20(13-14)29-3)24-25-22-17-10-6-4-8-15(17)16-9-5-7-11-18(16)23(22)26-24/h4-13H,1-3H3,(H,25,26). The third-order valence-electron chi connectivity index (χ3n) is 5.32. The van der Waals surface area contributed by atoms with E-state index in [9.17, 15) is 0 Å². The zero-order chi connectivity index (χ0) is 20.0. The first-order valence-corrected chi connectivity index (χ1v) is 9.34. The van der Waals surface area contributed by atoms with Gasteiger partial charge in [-0.15, -0.1) is 0 Å². The van der Waals surface area contributed by atoms with Gasteiger partial charge in [-0.2, -0.15) is 0 Å². The minimum atomic E-state index is 0.633. The number of nitrogens with one attached hydrogen (secondary N) is 1. The van der Waals surface area contributed by atoms with Gasteiger partial charge in [0, 0.05) is 22.9 Å². The normalized spacial score (nSPS) is 11.3. The van der Waals surface area contributed by atoms with Crippen LogP contribution in [0.3, 0.4) is 0 Å². The van der Waals surface area contributed by atoms with Crippen LogP contribution in [-0.4, -0.2) is 31.3 Å². The second kappa shape index (κ2) is 6.71. The third kappa shape index (κ3) is 2.58. The molecule has 5 rings (SSSR count). The van der Waals surface area contributed by atoms with Crippen LogP contribution in [0.2, 0.25) is 0 Å². The topological polar surface area (TPSA) is 56.4 Å². The smallest absolute Gasteiger partial charge is 0.146 e. The fourth-order valence-electron chi connectivity index (χ4n) is 3.98. The Labute approximate surface area is 167 Å². The highest BCUT2D eigenvalue weighted by atomic mass is 16.5. The largest absolute Gasteiger partial charge is 0.496 e. The number of nitrogens with zero attached hydrogens (tertiary/aromatic N) is 1. The first-order chi connectivity index (χ1) is 14.2. The summed E-state index contributed by atoms with van der Waals surface area (Å²) in [4.78, 5) is 8.50. The van der Waals surface area contributed by atoms with Crippen molar-refractivity contribution in [3.05, 3.63) is 60.7 Å². The van der Waals surface area contributed by atoms with Gasteiger partial charge in [-0.05, 0) is 10.8 Å². The first kappa shape index (κ1) is 17.4. The van der Waals surface area contributed by atoms with Gasteiger partial charge in [0.05, 0.1) is 32.4 Å². The van der Waals surface area contributed by atoms with E-state index in [0.717, 1.165) is 27.4 Å². The summed E-state index contributed by atoms with van der Waals surface area (Å²) in [6.45, 7) is 0. The average molecular weight is 384 g/mol. The maximum Gasteiger partial charge on any atom is 0.146 e. The van der Waals surface area contributed by atoms with Crippen molar-refractivity contribution in [1.82, 2.24) is 9.97 Å². The van der Waals surface area contributed by atoms with E-state index < -0.39 is 0 Å². The molecule has 5 aromatic rings. The predicted octanol–water partition coefficient (Wildman–Crippen LogP) is 5.56. The number of hydrogen-bond donors (Lipinski definition) is 1. The highest BCUT2D eigenvalue weighted by Gasteiger charge is 2.20. The Morgan fingerprint density at radius 2 is 1.24 bits per heavy atom. The number of imidazole rings is 1. The Kier molecular flexibility index (Phi) is 4.02. The molecule has 5 nitrogen and oxygen atoms in total. The second-order valence-electron chi connectivity index (χ2n) is 6.81. The monoisotopic (exact) mass is 384 g/mol. The van der Waals surface area contributed by atoms with E-state index >= 15 is 0 Å². The van der Waals surface area contributed by atoms with Gasteiger partial charge in [-0.25, -0.2) is 4.98 Å². The Morgan fingerprint density at radius 1 is 0.690 bits per heavy atom. The summed E-state index contributed by atoms with van der Waals surface area (Å²) < 4.78 is 16.6. The molecule has 0 atom stereocenters. The molecule has 0 aliphatic carbocycles. The van der Waals surface area contributed by atoms with Crippen molar-refractivity contribution in [2.45, 2.75) is 0 Å². The molecule has 1 aromatic heterocycles. The lowest BCUT2D eigenvalue weighted by Crippen LogP contribution is -1.96. The van der Waals surface area contributed by atoms with Crippen LogP contribution in [0.15, 0.2) is 60.7 Å². The molecule has 29 heavy (non-hydrogen) atoms. The quantitative estimate of drug-likeness (QED) is 0.412. The van der Waals surface area contributed by atoms with Gasteiger partial charge in [0.2, 0.25) is 0 Å². The van der Waals surface area contributed by atoms with Crippen molar-refractivity contribution in [3.8, 4) is 28.6 Å². The number of hydrogen-bond acceptors (Lipinski definition) is 4. The van der Waals surface area contributed by atoms with E-state index in [0.29, 0.717) is 23.1 Å². The SMILES string of the molecule is COc1cc(OC)c(-c2nc3c4ccccc4c4ccccc4c3[nH]2)c(OC)c1. The van der Waals surface area contributed by atoms with Crippen molar-refractivity contribution in [2.75, 3.05) is 21.3 Å². The molecule has 1 N–H and O–H groups in total. The molecule has 0 unspecified atom stereocenters. The molecule has 4 aromatic carbocycles. The summed E-state index contributed by atoms with van der Waals surface area (Å²) >= 11 is 0. The number of H-pyrrole nitrogens is 1. The molecule has 0 aliphatic heterocycles. The molecule has 0 saturated heterocycles. The van der Waals surface area contributed by atoms with Crippen LogP contribution >= 0.6 is 0 Å². The minimum absolute atomic E-state index is 0.633. The lowest BCUT2D eigenvalue weighted by molar-refractivity contribution is 0.377. The molecule has 0 amide bonds. The Morgan fingerprint density at radius 3 is 1.83 bits per heavy atom. The van der Waals surface area contributed by atoms with E-state index in [1.54, 1.807) is 21.3 Å². The predicted molar refractivity (Wildman–Crippen MR) is 116 cm³/mol. The number of methoxy groups -OCH3 is 3. The second-order valence-corrected chi connectivity index (χ2v) is 6.81. The van der Waals surface area contributed by atoms with Crippen LogP contribution in [0.4, 0.5) is 0 Å². The first-order valence-electron chi connectivity index (χ1n) is 9.34. The van der Waals surface area contributed by atoms with E-state index in [1.165, 1.54) is 10.8 Å². The molecule has 0 radical (unpaired) electrons. The number of aromatic amines is 1. The van der Waals surface area contributed by atoms with Crippen molar-refractivity contribution in [2.24, 2.45) is 0 Å². The van der Waals surface area contributed by atoms with Gasteiger partial charge in [0.25, 0.3) is 0 Å². The molecule has 1 heterocycles. The van der Waals surface area contributed by atoms with Crippen LogP contribution in [0.1, 0.15) is 0 Å². The summed E-state index contributed by atoms with van der Waals surface area (Å²) in [5, 5.41) is 4.61. The molecule has 0 bridgehead atoms. The van der Waals surface area contributed by atoms with Crippen LogP contribution in [0, 0.1) is 0 Å². The van der Waals surface area contributed by atoms with Crippen LogP contribution in [-0.2, 0) is 0 Å². The fourth-order valence-corrected chi connectivity index (χ4v) is 3.98. The van der Waals surface area contributed by atoms with Gasteiger partial charge in [-0.1, -0.05) is 48.5 Å².